The second kappa shape index (κ2) is 5.83. The van der Waals surface area contributed by atoms with Crippen molar-refractivity contribution >= 4 is 0 Å². The molecule has 0 unspecified atom stereocenters. The number of aromatic nitrogens is 3. The van der Waals surface area contributed by atoms with Crippen LogP contribution < -0.4 is 5.32 Å². The second-order valence-corrected chi connectivity index (χ2v) is 4.05. The zero-order valence-electron chi connectivity index (χ0n) is 10.3. The normalized spacial score (nSPS) is 10.9. The topological polar surface area (TPSA) is 42.7 Å². The molecule has 1 aromatic carbocycles. The van der Waals surface area contributed by atoms with Crippen LogP contribution in [0.2, 0.25) is 0 Å². The molecule has 1 aromatic heterocycles. The van der Waals surface area contributed by atoms with Crippen molar-refractivity contribution < 1.29 is 13.2 Å². The zero-order valence-corrected chi connectivity index (χ0v) is 10.3. The van der Waals surface area contributed by atoms with Gasteiger partial charge in [0.1, 0.15) is 0 Å². The van der Waals surface area contributed by atoms with Crippen LogP contribution in [0.5, 0.6) is 0 Å². The first-order valence-electron chi connectivity index (χ1n) is 5.88. The van der Waals surface area contributed by atoms with Crippen molar-refractivity contribution in [2.24, 2.45) is 0 Å². The molecule has 0 aliphatic rings. The Morgan fingerprint density at radius 2 is 1.89 bits per heavy atom. The summed E-state index contributed by atoms with van der Waals surface area (Å²) >= 11 is 0. The van der Waals surface area contributed by atoms with Crippen molar-refractivity contribution in [1.29, 1.82) is 0 Å². The Balaban J connectivity index is 2.18. The number of halogens is 3. The van der Waals surface area contributed by atoms with Gasteiger partial charge in [0.15, 0.2) is 17.5 Å². The molecule has 0 aliphatic carbocycles. The van der Waals surface area contributed by atoms with Gasteiger partial charge in [0, 0.05) is 18.7 Å². The van der Waals surface area contributed by atoms with Gasteiger partial charge in [-0.1, -0.05) is 12.1 Å². The van der Waals surface area contributed by atoms with E-state index in [4.69, 9.17) is 0 Å². The van der Waals surface area contributed by atoms with Gasteiger partial charge in [0.05, 0.1) is 17.6 Å². The number of nitrogens with one attached hydrogen (secondary N) is 1. The number of benzene rings is 1. The molecule has 2 rings (SSSR count). The molecule has 4 nitrogen and oxygen atoms in total. The highest BCUT2D eigenvalue weighted by molar-refractivity contribution is 5.32. The lowest BCUT2D eigenvalue weighted by atomic mass is 10.3. The molecule has 0 saturated carbocycles. The van der Waals surface area contributed by atoms with Crippen molar-refractivity contribution in [1.82, 2.24) is 20.3 Å². The first-order chi connectivity index (χ1) is 9.11. The molecule has 0 fully saturated rings. The highest BCUT2D eigenvalue weighted by Gasteiger charge is 2.12. The molecule has 2 aromatic rings. The number of hydrogen-bond donors (Lipinski definition) is 1. The van der Waals surface area contributed by atoms with E-state index < -0.39 is 17.5 Å². The molecular weight excluding hydrogens is 257 g/mol. The fourth-order valence-electron chi connectivity index (χ4n) is 1.57. The lowest BCUT2D eigenvalue weighted by Crippen LogP contribution is -2.13. The number of rotatable bonds is 5. The SMILES string of the molecule is CCCNCc1cn(-c2cc(F)c(F)c(F)c2)nn1. The predicted octanol–water partition coefficient (Wildman–Crippen LogP) is 2.18. The minimum atomic E-state index is -1.49. The third-order valence-electron chi connectivity index (χ3n) is 2.51. The Morgan fingerprint density at radius 3 is 2.53 bits per heavy atom. The summed E-state index contributed by atoms with van der Waals surface area (Å²) in [4.78, 5) is 0. The second-order valence-electron chi connectivity index (χ2n) is 4.05. The molecule has 1 N–H and O–H groups in total. The van der Waals surface area contributed by atoms with Gasteiger partial charge in [-0.15, -0.1) is 5.10 Å². The lowest BCUT2D eigenvalue weighted by Gasteiger charge is -2.02. The summed E-state index contributed by atoms with van der Waals surface area (Å²) in [6.45, 7) is 3.39. The van der Waals surface area contributed by atoms with E-state index in [0.717, 1.165) is 25.1 Å². The minimum absolute atomic E-state index is 0.0886. The van der Waals surface area contributed by atoms with E-state index in [2.05, 4.69) is 15.6 Å². The Morgan fingerprint density at radius 1 is 1.21 bits per heavy atom. The van der Waals surface area contributed by atoms with Gasteiger partial charge in [-0.3, -0.25) is 0 Å². The summed E-state index contributed by atoms with van der Waals surface area (Å²) in [5.74, 6) is -4.00. The van der Waals surface area contributed by atoms with Crippen molar-refractivity contribution in [3.8, 4) is 5.69 Å². The third kappa shape index (κ3) is 3.11. The van der Waals surface area contributed by atoms with E-state index in [1.807, 2.05) is 6.92 Å². The van der Waals surface area contributed by atoms with Crippen molar-refractivity contribution in [2.45, 2.75) is 19.9 Å². The molecule has 0 spiro atoms. The van der Waals surface area contributed by atoms with Gasteiger partial charge in [0.2, 0.25) is 0 Å². The van der Waals surface area contributed by atoms with Crippen LogP contribution >= 0.6 is 0 Å². The van der Waals surface area contributed by atoms with Crippen LogP contribution in [0.1, 0.15) is 19.0 Å². The minimum Gasteiger partial charge on any atom is -0.311 e. The molecule has 19 heavy (non-hydrogen) atoms. The lowest BCUT2D eigenvalue weighted by molar-refractivity contribution is 0.446. The standard InChI is InChI=1S/C12H13F3N4/c1-2-3-16-6-8-7-19(18-17-8)9-4-10(13)12(15)11(14)5-9/h4-5,7,16H,2-3,6H2,1H3. The maximum Gasteiger partial charge on any atom is 0.194 e. The largest absolute Gasteiger partial charge is 0.311 e. The van der Waals surface area contributed by atoms with Crippen molar-refractivity contribution in [2.75, 3.05) is 6.54 Å². The van der Waals surface area contributed by atoms with Crippen LogP contribution in [-0.2, 0) is 6.54 Å². The smallest absolute Gasteiger partial charge is 0.194 e. The van der Waals surface area contributed by atoms with Gasteiger partial charge in [0.25, 0.3) is 0 Å². The molecule has 102 valence electrons. The van der Waals surface area contributed by atoms with Gasteiger partial charge >= 0.3 is 0 Å². The highest BCUT2D eigenvalue weighted by Crippen LogP contribution is 2.16. The first-order valence-corrected chi connectivity index (χ1v) is 5.88. The van der Waals surface area contributed by atoms with Crippen molar-refractivity contribution in [3.63, 3.8) is 0 Å². The van der Waals surface area contributed by atoms with Crippen molar-refractivity contribution in [3.05, 3.63) is 41.5 Å². The summed E-state index contributed by atoms with van der Waals surface area (Å²) in [7, 11) is 0. The van der Waals surface area contributed by atoms with E-state index in [0.29, 0.717) is 12.2 Å². The molecular formula is C12H13F3N4. The molecule has 1 heterocycles. The molecule has 0 bridgehead atoms. The van der Waals surface area contributed by atoms with Crippen LogP contribution in [0, 0.1) is 17.5 Å². The van der Waals surface area contributed by atoms with Gasteiger partial charge in [-0.05, 0) is 13.0 Å². The Bertz CT molecular complexity index is 545. The number of hydrogen-bond acceptors (Lipinski definition) is 3. The van der Waals surface area contributed by atoms with Gasteiger partial charge in [-0.2, -0.15) is 0 Å². The maximum absolute atomic E-state index is 13.1. The first kappa shape index (κ1) is 13.5. The average molecular weight is 270 g/mol. The van der Waals surface area contributed by atoms with E-state index in [-0.39, 0.29) is 5.69 Å². The molecule has 7 heteroatoms. The summed E-state index contributed by atoms with van der Waals surface area (Å²) in [6.07, 6.45) is 2.53. The van der Waals surface area contributed by atoms with Crippen LogP contribution in [0.25, 0.3) is 5.69 Å². The van der Waals surface area contributed by atoms with Crippen LogP contribution in [0.15, 0.2) is 18.3 Å². The Hall–Kier alpha value is -1.89. The maximum atomic E-state index is 13.1. The average Bonchev–Trinajstić information content (AvgIpc) is 2.84. The van der Waals surface area contributed by atoms with E-state index in [1.54, 1.807) is 0 Å². The van der Waals surface area contributed by atoms with Crippen LogP contribution in [-0.4, -0.2) is 21.5 Å². The van der Waals surface area contributed by atoms with Crippen LogP contribution in [0.4, 0.5) is 13.2 Å². The highest BCUT2D eigenvalue weighted by atomic mass is 19.2. The summed E-state index contributed by atoms with van der Waals surface area (Å²) in [6, 6.07) is 1.74. The van der Waals surface area contributed by atoms with Gasteiger partial charge < -0.3 is 5.32 Å². The monoisotopic (exact) mass is 270 g/mol. The number of nitrogens with zero attached hydrogens (tertiary/aromatic N) is 3. The zero-order chi connectivity index (χ0) is 13.8. The van der Waals surface area contributed by atoms with E-state index in [9.17, 15) is 13.2 Å². The van der Waals surface area contributed by atoms with E-state index >= 15 is 0 Å². The molecule has 0 aliphatic heterocycles. The molecule has 0 atom stereocenters. The van der Waals surface area contributed by atoms with E-state index in [1.165, 1.54) is 10.9 Å². The third-order valence-corrected chi connectivity index (χ3v) is 2.51. The molecule has 0 radical (unpaired) electrons. The summed E-state index contributed by atoms with van der Waals surface area (Å²) < 4.78 is 40.2. The fourth-order valence-corrected chi connectivity index (χ4v) is 1.57. The summed E-state index contributed by atoms with van der Waals surface area (Å²) in [5, 5.41) is 10.7. The Labute approximate surface area is 108 Å². The fraction of sp³-hybridized carbons (Fsp3) is 0.333. The quantitative estimate of drug-likeness (QED) is 0.669. The molecule has 0 saturated heterocycles. The predicted molar refractivity (Wildman–Crippen MR) is 63.2 cm³/mol. The van der Waals surface area contributed by atoms with Gasteiger partial charge in [-0.25, -0.2) is 17.9 Å². The summed E-state index contributed by atoms with van der Waals surface area (Å²) in [5.41, 5.74) is 0.726. The molecule has 0 amide bonds. The Kier molecular flexibility index (Phi) is 4.16. The van der Waals surface area contributed by atoms with Crippen LogP contribution in [0.3, 0.4) is 0 Å².